The molecule has 0 aliphatic heterocycles. The van der Waals surface area contributed by atoms with Gasteiger partial charge in [-0.2, -0.15) is 0 Å². The van der Waals surface area contributed by atoms with Crippen LogP contribution in [0.5, 0.6) is 0 Å². The fourth-order valence-electron chi connectivity index (χ4n) is 1.46. The second kappa shape index (κ2) is 4.82. The monoisotopic (exact) mass is 166 g/mol. The number of methoxy groups -OCH3 is 1. The third-order valence-electron chi connectivity index (χ3n) is 2.17. The summed E-state index contributed by atoms with van der Waals surface area (Å²) in [6.45, 7) is 0. The van der Waals surface area contributed by atoms with Gasteiger partial charge in [-0.15, -0.1) is 0 Å². The summed E-state index contributed by atoms with van der Waals surface area (Å²) in [4.78, 5) is 10.7. The summed E-state index contributed by atoms with van der Waals surface area (Å²) in [5.41, 5.74) is 0. The third kappa shape index (κ3) is 2.96. The number of hydrogen-bond donors (Lipinski definition) is 0. The van der Waals surface area contributed by atoms with Gasteiger partial charge >= 0.3 is 5.97 Å². The molecule has 0 aromatic rings. The van der Waals surface area contributed by atoms with E-state index in [1.54, 1.807) is 0 Å². The number of carbonyl (C=O) groups excluding carboxylic acids is 1. The Labute approximate surface area is 73.3 Å². The highest BCUT2D eigenvalue weighted by atomic mass is 16.5. The Kier molecular flexibility index (Phi) is 3.66. The van der Waals surface area contributed by atoms with Gasteiger partial charge in [0, 0.05) is 11.8 Å². The van der Waals surface area contributed by atoms with Crippen LogP contribution < -0.4 is 0 Å². The maximum Gasteiger partial charge on any atom is 0.384 e. The molecule has 2 nitrogen and oxygen atoms in total. The maximum absolute atomic E-state index is 10.7. The van der Waals surface area contributed by atoms with Crippen LogP contribution in [0.3, 0.4) is 0 Å². The van der Waals surface area contributed by atoms with Gasteiger partial charge < -0.3 is 4.74 Å². The van der Waals surface area contributed by atoms with Crippen molar-refractivity contribution in [3.8, 4) is 11.8 Å². The van der Waals surface area contributed by atoms with Gasteiger partial charge in [0.1, 0.15) is 0 Å². The Morgan fingerprint density at radius 3 is 2.58 bits per heavy atom. The molecule has 1 saturated carbocycles. The number of carbonyl (C=O) groups is 1. The second-order valence-corrected chi connectivity index (χ2v) is 3.10. The first kappa shape index (κ1) is 9.12. The molecule has 66 valence electrons. The SMILES string of the molecule is COC(=O)C#CC1CCCCC1. The van der Waals surface area contributed by atoms with Crippen molar-refractivity contribution in [2.24, 2.45) is 5.92 Å². The molecular formula is C10H14O2. The van der Waals surface area contributed by atoms with Crippen LogP contribution >= 0.6 is 0 Å². The van der Waals surface area contributed by atoms with Crippen molar-refractivity contribution in [1.82, 2.24) is 0 Å². The van der Waals surface area contributed by atoms with Gasteiger partial charge in [-0.1, -0.05) is 25.2 Å². The number of rotatable bonds is 0. The molecule has 0 saturated heterocycles. The molecule has 12 heavy (non-hydrogen) atoms. The summed E-state index contributed by atoms with van der Waals surface area (Å²) in [5, 5.41) is 0. The Morgan fingerprint density at radius 1 is 1.33 bits per heavy atom. The average molecular weight is 166 g/mol. The van der Waals surface area contributed by atoms with E-state index in [-0.39, 0.29) is 0 Å². The van der Waals surface area contributed by atoms with Crippen molar-refractivity contribution in [3.63, 3.8) is 0 Å². The van der Waals surface area contributed by atoms with Crippen LogP contribution in [0.2, 0.25) is 0 Å². The first-order chi connectivity index (χ1) is 5.83. The van der Waals surface area contributed by atoms with Gasteiger partial charge in [0.05, 0.1) is 7.11 Å². The normalized spacial score (nSPS) is 17.8. The molecule has 0 bridgehead atoms. The van der Waals surface area contributed by atoms with Gasteiger partial charge in [-0.05, 0) is 12.8 Å². The second-order valence-electron chi connectivity index (χ2n) is 3.10. The standard InChI is InChI=1S/C10H14O2/c1-12-10(11)8-7-9-5-3-2-4-6-9/h9H,2-6H2,1H3. The van der Waals surface area contributed by atoms with E-state index in [9.17, 15) is 4.79 Å². The molecule has 0 unspecified atom stereocenters. The van der Waals surface area contributed by atoms with E-state index in [1.807, 2.05) is 0 Å². The summed E-state index contributed by atoms with van der Waals surface area (Å²) in [7, 11) is 1.36. The Balaban J connectivity index is 2.35. The van der Waals surface area contributed by atoms with Gasteiger partial charge in [-0.25, -0.2) is 4.79 Å². The first-order valence-electron chi connectivity index (χ1n) is 4.42. The summed E-state index contributed by atoms with van der Waals surface area (Å²) < 4.78 is 4.43. The molecule has 0 spiro atoms. The van der Waals surface area contributed by atoms with E-state index in [2.05, 4.69) is 16.6 Å². The summed E-state index contributed by atoms with van der Waals surface area (Å²) in [6, 6.07) is 0. The van der Waals surface area contributed by atoms with Gasteiger partial charge in [0.15, 0.2) is 0 Å². The lowest BCUT2D eigenvalue weighted by Crippen LogP contribution is -2.04. The maximum atomic E-state index is 10.7. The fraction of sp³-hybridized carbons (Fsp3) is 0.700. The molecule has 1 aliphatic rings. The highest BCUT2D eigenvalue weighted by Gasteiger charge is 2.10. The van der Waals surface area contributed by atoms with E-state index in [0.29, 0.717) is 5.92 Å². The zero-order valence-corrected chi connectivity index (χ0v) is 7.43. The van der Waals surface area contributed by atoms with Crippen LogP contribution in [0.25, 0.3) is 0 Å². The van der Waals surface area contributed by atoms with E-state index in [4.69, 9.17) is 0 Å². The zero-order valence-electron chi connectivity index (χ0n) is 7.43. The molecule has 0 N–H and O–H groups in total. The Bertz CT molecular complexity index is 204. The van der Waals surface area contributed by atoms with Crippen LogP contribution in [0.15, 0.2) is 0 Å². The molecule has 0 radical (unpaired) electrons. The van der Waals surface area contributed by atoms with Crippen molar-refractivity contribution in [3.05, 3.63) is 0 Å². The fourth-order valence-corrected chi connectivity index (χ4v) is 1.46. The molecule has 0 aromatic carbocycles. The van der Waals surface area contributed by atoms with Crippen molar-refractivity contribution in [2.75, 3.05) is 7.11 Å². The van der Waals surface area contributed by atoms with Crippen LogP contribution in [0.4, 0.5) is 0 Å². The van der Waals surface area contributed by atoms with E-state index in [1.165, 1.54) is 26.4 Å². The minimum atomic E-state index is -0.416. The summed E-state index contributed by atoms with van der Waals surface area (Å²) in [5.74, 6) is 5.45. The molecule has 0 atom stereocenters. The minimum Gasteiger partial charge on any atom is -0.459 e. The molecule has 1 rings (SSSR count). The van der Waals surface area contributed by atoms with Crippen LogP contribution in [0.1, 0.15) is 32.1 Å². The first-order valence-corrected chi connectivity index (χ1v) is 4.42. The number of ether oxygens (including phenoxy) is 1. The van der Waals surface area contributed by atoms with Crippen LogP contribution in [0, 0.1) is 17.8 Å². The van der Waals surface area contributed by atoms with Crippen LogP contribution in [-0.4, -0.2) is 13.1 Å². The van der Waals surface area contributed by atoms with Crippen LogP contribution in [-0.2, 0) is 9.53 Å². The van der Waals surface area contributed by atoms with Crippen molar-refractivity contribution in [2.45, 2.75) is 32.1 Å². The molecule has 0 amide bonds. The molecule has 1 fully saturated rings. The zero-order chi connectivity index (χ0) is 8.81. The molecule has 1 aliphatic carbocycles. The molecular weight excluding hydrogens is 152 g/mol. The summed E-state index contributed by atoms with van der Waals surface area (Å²) in [6.07, 6.45) is 6.10. The lowest BCUT2D eigenvalue weighted by atomic mass is 9.90. The van der Waals surface area contributed by atoms with E-state index in [0.717, 1.165) is 12.8 Å². The average Bonchev–Trinajstić information content (AvgIpc) is 2.16. The Morgan fingerprint density at radius 2 is 2.00 bits per heavy atom. The quantitative estimate of drug-likeness (QED) is 0.311. The summed E-state index contributed by atoms with van der Waals surface area (Å²) >= 11 is 0. The van der Waals surface area contributed by atoms with Gasteiger partial charge in [0.2, 0.25) is 0 Å². The smallest absolute Gasteiger partial charge is 0.384 e. The van der Waals surface area contributed by atoms with E-state index < -0.39 is 5.97 Å². The molecule has 2 heteroatoms. The largest absolute Gasteiger partial charge is 0.459 e. The third-order valence-corrected chi connectivity index (χ3v) is 2.17. The van der Waals surface area contributed by atoms with Gasteiger partial charge in [-0.3, -0.25) is 0 Å². The molecule has 0 heterocycles. The van der Waals surface area contributed by atoms with Crippen molar-refractivity contribution < 1.29 is 9.53 Å². The number of hydrogen-bond acceptors (Lipinski definition) is 2. The van der Waals surface area contributed by atoms with E-state index >= 15 is 0 Å². The number of esters is 1. The predicted molar refractivity (Wildman–Crippen MR) is 46.4 cm³/mol. The van der Waals surface area contributed by atoms with Gasteiger partial charge in [0.25, 0.3) is 0 Å². The Hall–Kier alpha value is -0.970. The highest BCUT2D eigenvalue weighted by Crippen LogP contribution is 2.22. The lowest BCUT2D eigenvalue weighted by Gasteiger charge is -2.15. The highest BCUT2D eigenvalue weighted by molar-refractivity contribution is 5.88. The van der Waals surface area contributed by atoms with Crippen molar-refractivity contribution in [1.29, 1.82) is 0 Å². The predicted octanol–water partition coefficient (Wildman–Crippen LogP) is 1.74. The minimum absolute atomic E-state index is 0.416. The topological polar surface area (TPSA) is 26.3 Å². The molecule has 0 aromatic heterocycles. The lowest BCUT2D eigenvalue weighted by molar-refractivity contribution is -0.133. The van der Waals surface area contributed by atoms with Crippen molar-refractivity contribution >= 4 is 5.97 Å².